The maximum absolute atomic E-state index is 12.6. The fraction of sp³-hybridized carbons (Fsp3) is 0.412. The SMILES string of the molecule is COCCN1CCN(C(=O)c2cc3ccc(C)cc3[nH]2)CC1=O. The molecule has 1 saturated heterocycles. The minimum Gasteiger partial charge on any atom is -0.383 e. The standard InChI is InChI=1S/C17H21N3O3/c1-12-3-4-13-10-15(18-14(13)9-12)17(22)20-6-5-19(7-8-23-2)16(21)11-20/h3-4,9-10,18H,5-8,11H2,1-2H3. The van der Waals surface area contributed by atoms with E-state index in [1.54, 1.807) is 16.9 Å². The van der Waals surface area contributed by atoms with Crippen molar-refractivity contribution < 1.29 is 14.3 Å². The van der Waals surface area contributed by atoms with Crippen molar-refractivity contribution >= 4 is 22.7 Å². The zero-order chi connectivity index (χ0) is 16.4. The van der Waals surface area contributed by atoms with Crippen molar-refractivity contribution in [3.8, 4) is 0 Å². The van der Waals surface area contributed by atoms with Crippen LogP contribution in [0, 0.1) is 6.92 Å². The number of carbonyl (C=O) groups excluding carboxylic acids is 2. The molecule has 2 amide bonds. The molecule has 1 aliphatic rings. The molecule has 3 rings (SSSR count). The van der Waals surface area contributed by atoms with Gasteiger partial charge in [0.2, 0.25) is 5.91 Å². The summed E-state index contributed by atoms with van der Waals surface area (Å²) in [7, 11) is 1.61. The molecule has 0 aliphatic carbocycles. The van der Waals surface area contributed by atoms with Crippen molar-refractivity contribution in [2.45, 2.75) is 6.92 Å². The van der Waals surface area contributed by atoms with E-state index in [-0.39, 0.29) is 18.4 Å². The lowest BCUT2D eigenvalue weighted by Gasteiger charge is -2.34. The highest BCUT2D eigenvalue weighted by Crippen LogP contribution is 2.18. The summed E-state index contributed by atoms with van der Waals surface area (Å²) in [6, 6.07) is 7.87. The van der Waals surface area contributed by atoms with Crippen molar-refractivity contribution in [2.75, 3.05) is 39.9 Å². The quantitative estimate of drug-likeness (QED) is 0.927. The highest BCUT2D eigenvalue weighted by atomic mass is 16.5. The summed E-state index contributed by atoms with van der Waals surface area (Å²) in [5, 5.41) is 1.00. The predicted octanol–water partition coefficient (Wildman–Crippen LogP) is 1.41. The number of aromatic nitrogens is 1. The maximum Gasteiger partial charge on any atom is 0.270 e. The van der Waals surface area contributed by atoms with E-state index in [1.807, 2.05) is 31.2 Å². The summed E-state index contributed by atoms with van der Waals surface area (Å²) in [4.78, 5) is 31.2. The van der Waals surface area contributed by atoms with Gasteiger partial charge >= 0.3 is 0 Å². The average Bonchev–Trinajstić information content (AvgIpc) is 2.96. The van der Waals surface area contributed by atoms with E-state index in [0.29, 0.717) is 31.9 Å². The van der Waals surface area contributed by atoms with E-state index in [0.717, 1.165) is 16.5 Å². The molecule has 1 aliphatic heterocycles. The van der Waals surface area contributed by atoms with Crippen LogP contribution in [0.3, 0.4) is 0 Å². The highest BCUT2D eigenvalue weighted by Gasteiger charge is 2.28. The van der Waals surface area contributed by atoms with Crippen LogP contribution in [-0.2, 0) is 9.53 Å². The topological polar surface area (TPSA) is 65.6 Å². The molecule has 0 atom stereocenters. The molecule has 0 radical (unpaired) electrons. The molecule has 0 bridgehead atoms. The smallest absolute Gasteiger partial charge is 0.270 e. The van der Waals surface area contributed by atoms with Crippen LogP contribution in [0.15, 0.2) is 24.3 Å². The molecule has 0 unspecified atom stereocenters. The Kier molecular flexibility index (Phi) is 4.34. The monoisotopic (exact) mass is 315 g/mol. The summed E-state index contributed by atoms with van der Waals surface area (Å²) >= 11 is 0. The Balaban J connectivity index is 1.71. The molecule has 1 N–H and O–H groups in total. The van der Waals surface area contributed by atoms with Crippen LogP contribution >= 0.6 is 0 Å². The number of nitrogens with one attached hydrogen (secondary N) is 1. The zero-order valence-corrected chi connectivity index (χ0v) is 13.5. The first kappa shape index (κ1) is 15.6. The van der Waals surface area contributed by atoms with Gasteiger partial charge in [0.25, 0.3) is 5.91 Å². The fourth-order valence-corrected chi connectivity index (χ4v) is 2.85. The lowest BCUT2D eigenvalue weighted by Crippen LogP contribution is -2.52. The number of ether oxygens (including phenoxy) is 1. The summed E-state index contributed by atoms with van der Waals surface area (Å²) in [5.41, 5.74) is 2.61. The molecule has 6 heteroatoms. The van der Waals surface area contributed by atoms with E-state index in [9.17, 15) is 9.59 Å². The average molecular weight is 315 g/mol. The fourth-order valence-electron chi connectivity index (χ4n) is 2.85. The van der Waals surface area contributed by atoms with Crippen LogP contribution in [-0.4, -0.2) is 66.5 Å². The van der Waals surface area contributed by atoms with Crippen LogP contribution in [0.25, 0.3) is 10.9 Å². The first-order valence-corrected chi connectivity index (χ1v) is 7.74. The normalized spacial score (nSPS) is 15.5. The Hall–Kier alpha value is -2.34. The largest absolute Gasteiger partial charge is 0.383 e. The van der Waals surface area contributed by atoms with Crippen LogP contribution < -0.4 is 0 Å². The molecule has 2 aromatic rings. The number of piperazine rings is 1. The molecule has 0 spiro atoms. The third-order valence-corrected chi connectivity index (χ3v) is 4.18. The number of amides is 2. The third kappa shape index (κ3) is 3.22. The zero-order valence-electron chi connectivity index (χ0n) is 13.5. The van der Waals surface area contributed by atoms with Crippen LogP contribution in [0.2, 0.25) is 0 Å². The van der Waals surface area contributed by atoms with Crippen molar-refractivity contribution in [3.63, 3.8) is 0 Å². The van der Waals surface area contributed by atoms with Gasteiger partial charge in [-0.15, -0.1) is 0 Å². The number of fused-ring (bicyclic) bond motifs is 1. The van der Waals surface area contributed by atoms with E-state index >= 15 is 0 Å². The molecule has 122 valence electrons. The van der Waals surface area contributed by atoms with Gasteiger partial charge in [0.15, 0.2) is 0 Å². The molecule has 0 saturated carbocycles. The van der Waals surface area contributed by atoms with E-state index in [1.165, 1.54) is 0 Å². The van der Waals surface area contributed by atoms with Gasteiger partial charge in [-0.2, -0.15) is 0 Å². The van der Waals surface area contributed by atoms with Crippen molar-refractivity contribution in [3.05, 3.63) is 35.5 Å². The van der Waals surface area contributed by atoms with Gasteiger partial charge in [0.1, 0.15) is 12.2 Å². The lowest BCUT2D eigenvalue weighted by molar-refractivity contribution is -0.135. The Morgan fingerprint density at radius 3 is 2.87 bits per heavy atom. The second-order valence-electron chi connectivity index (χ2n) is 5.87. The number of methoxy groups -OCH3 is 1. The Morgan fingerprint density at radius 1 is 1.30 bits per heavy atom. The number of nitrogens with zero attached hydrogens (tertiary/aromatic N) is 2. The van der Waals surface area contributed by atoms with Crippen molar-refractivity contribution in [1.82, 2.24) is 14.8 Å². The number of carbonyl (C=O) groups is 2. The second kappa shape index (κ2) is 6.42. The summed E-state index contributed by atoms with van der Waals surface area (Å²) < 4.78 is 5.00. The first-order chi connectivity index (χ1) is 11.1. The Labute approximate surface area is 135 Å². The van der Waals surface area contributed by atoms with Crippen molar-refractivity contribution in [1.29, 1.82) is 0 Å². The molecule has 1 fully saturated rings. The van der Waals surface area contributed by atoms with Gasteiger partial charge < -0.3 is 19.5 Å². The number of rotatable bonds is 4. The highest BCUT2D eigenvalue weighted by molar-refractivity contribution is 6.00. The van der Waals surface area contributed by atoms with Crippen molar-refractivity contribution in [2.24, 2.45) is 0 Å². The van der Waals surface area contributed by atoms with Gasteiger partial charge in [0.05, 0.1) is 6.61 Å². The van der Waals surface area contributed by atoms with E-state index in [2.05, 4.69) is 4.98 Å². The summed E-state index contributed by atoms with van der Waals surface area (Å²) in [6.45, 7) is 4.32. The number of benzene rings is 1. The number of hydrogen-bond acceptors (Lipinski definition) is 3. The lowest BCUT2D eigenvalue weighted by atomic mass is 10.2. The molecule has 1 aromatic carbocycles. The Bertz CT molecular complexity index is 738. The molecule has 6 nitrogen and oxygen atoms in total. The number of H-pyrrole nitrogens is 1. The molecule has 23 heavy (non-hydrogen) atoms. The second-order valence-corrected chi connectivity index (χ2v) is 5.87. The summed E-state index contributed by atoms with van der Waals surface area (Å²) in [5.74, 6) is -0.160. The van der Waals surface area contributed by atoms with Gasteiger partial charge in [0, 0.05) is 37.6 Å². The van der Waals surface area contributed by atoms with Crippen LogP contribution in [0.1, 0.15) is 16.1 Å². The molecule has 2 heterocycles. The molecule has 1 aromatic heterocycles. The van der Waals surface area contributed by atoms with Gasteiger partial charge in [-0.05, 0) is 24.6 Å². The number of aromatic amines is 1. The van der Waals surface area contributed by atoms with Gasteiger partial charge in [-0.3, -0.25) is 9.59 Å². The first-order valence-electron chi connectivity index (χ1n) is 7.74. The minimum atomic E-state index is -0.126. The molecular weight excluding hydrogens is 294 g/mol. The predicted molar refractivity (Wildman–Crippen MR) is 87.4 cm³/mol. The van der Waals surface area contributed by atoms with Gasteiger partial charge in [-0.25, -0.2) is 0 Å². The maximum atomic E-state index is 12.6. The Morgan fingerprint density at radius 2 is 2.13 bits per heavy atom. The molecular formula is C17H21N3O3. The van der Waals surface area contributed by atoms with Crippen LogP contribution in [0.5, 0.6) is 0 Å². The number of hydrogen-bond donors (Lipinski definition) is 1. The van der Waals surface area contributed by atoms with E-state index < -0.39 is 0 Å². The number of aryl methyl sites for hydroxylation is 1. The third-order valence-electron chi connectivity index (χ3n) is 4.18. The van der Waals surface area contributed by atoms with Gasteiger partial charge in [-0.1, -0.05) is 12.1 Å². The van der Waals surface area contributed by atoms with E-state index in [4.69, 9.17) is 4.74 Å². The summed E-state index contributed by atoms with van der Waals surface area (Å²) in [6.07, 6.45) is 0. The minimum absolute atomic E-state index is 0.0337. The van der Waals surface area contributed by atoms with Crippen LogP contribution in [0.4, 0.5) is 0 Å².